The molecule has 0 saturated carbocycles. The average Bonchev–Trinajstić information content (AvgIpc) is 3.08. The van der Waals surface area contributed by atoms with Crippen LogP contribution in [0.4, 0.5) is 0 Å². The molecule has 1 aliphatic heterocycles. The fraction of sp³-hybridized carbons (Fsp3) is 0.438. The van der Waals surface area contributed by atoms with Crippen LogP contribution in [0.2, 0.25) is 0 Å². The molecule has 3 heterocycles. The van der Waals surface area contributed by atoms with Crippen molar-refractivity contribution < 1.29 is 13.2 Å². The van der Waals surface area contributed by atoms with Crippen molar-refractivity contribution in [3.63, 3.8) is 0 Å². The number of aryl methyl sites for hydroxylation is 1. The smallest absolute Gasteiger partial charge is 0.255 e. The topological polar surface area (TPSA) is 97.2 Å². The Bertz CT molecular complexity index is 826. The van der Waals surface area contributed by atoms with E-state index in [0.717, 1.165) is 12.8 Å². The van der Waals surface area contributed by atoms with Crippen LogP contribution in [0.3, 0.4) is 0 Å². The molecule has 0 spiro atoms. The molecule has 25 heavy (non-hydrogen) atoms. The number of hydrogen-bond acceptors (Lipinski definition) is 5. The molecule has 1 fully saturated rings. The zero-order chi connectivity index (χ0) is 17.9. The molecule has 8 nitrogen and oxygen atoms in total. The summed E-state index contributed by atoms with van der Waals surface area (Å²) in [7, 11) is -1.86. The first kappa shape index (κ1) is 17.6. The molecule has 0 aliphatic carbocycles. The zero-order valence-electron chi connectivity index (χ0n) is 14.0. The summed E-state index contributed by atoms with van der Waals surface area (Å²) in [6.45, 7) is 1.60. The second-order valence-electron chi connectivity index (χ2n) is 6.18. The van der Waals surface area contributed by atoms with Crippen LogP contribution in [-0.4, -0.2) is 53.6 Å². The van der Waals surface area contributed by atoms with E-state index in [1.54, 1.807) is 36.5 Å². The van der Waals surface area contributed by atoms with Gasteiger partial charge in [-0.1, -0.05) is 0 Å². The van der Waals surface area contributed by atoms with Crippen molar-refractivity contribution >= 4 is 15.9 Å². The van der Waals surface area contributed by atoms with Crippen LogP contribution >= 0.6 is 0 Å². The highest BCUT2D eigenvalue weighted by Gasteiger charge is 2.25. The molecule has 1 saturated heterocycles. The van der Waals surface area contributed by atoms with Gasteiger partial charge in [-0.2, -0.15) is 5.10 Å². The van der Waals surface area contributed by atoms with E-state index in [4.69, 9.17) is 0 Å². The first-order valence-corrected chi connectivity index (χ1v) is 9.61. The minimum atomic E-state index is -3.53. The first-order chi connectivity index (χ1) is 12.0. The van der Waals surface area contributed by atoms with Crippen molar-refractivity contribution in [1.82, 2.24) is 24.4 Å². The predicted octanol–water partition coefficient (Wildman–Crippen LogP) is 0.646. The van der Waals surface area contributed by atoms with E-state index in [0.29, 0.717) is 25.2 Å². The number of rotatable bonds is 5. The Morgan fingerprint density at radius 3 is 2.68 bits per heavy atom. The number of nitrogens with one attached hydrogen (secondary N) is 1. The fourth-order valence-electron chi connectivity index (χ4n) is 2.86. The monoisotopic (exact) mass is 363 g/mol. The molecular formula is C16H21N5O3S. The van der Waals surface area contributed by atoms with Gasteiger partial charge in [-0.05, 0) is 30.9 Å². The summed E-state index contributed by atoms with van der Waals surface area (Å²) in [6.07, 6.45) is 7.53. The third-order valence-electron chi connectivity index (χ3n) is 4.36. The van der Waals surface area contributed by atoms with Gasteiger partial charge in [0, 0.05) is 45.3 Å². The standard InChI is InChI=1S/C16H21N5O3S/c1-20-12-15(11-18-20)25(23,24)19-9-13-4-7-21(8-5-13)16(22)14-3-2-6-17-10-14/h2-3,6,10-13,19H,4-5,7-9H2,1H3. The lowest BCUT2D eigenvalue weighted by atomic mass is 9.97. The van der Waals surface area contributed by atoms with Crippen LogP contribution in [0.15, 0.2) is 41.8 Å². The van der Waals surface area contributed by atoms with Crippen molar-refractivity contribution in [1.29, 1.82) is 0 Å². The zero-order valence-corrected chi connectivity index (χ0v) is 14.8. The number of amides is 1. The van der Waals surface area contributed by atoms with Crippen molar-refractivity contribution in [3.8, 4) is 0 Å². The number of pyridine rings is 1. The van der Waals surface area contributed by atoms with E-state index in [1.807, 2.05) is 0 Å². The number of sulfonamides is 1. The number of aromatic nitrogens is 3. The number of carbonyl (C=O) groups is 1. The molecule has 3 rings (SSSR count). The van der Waals surface area contributed by atoms with Crippen molar-refractivity contribution in [3.05, 3.63) is 42.5 Å². The molecule has 9 heteroatoms. The molecule has 1 aliphatic rings. The van der Waals surface area contributed by atoms with E-state index in [-0.39, 0.29) is 16.7 Å². The first-order valence-electron chi connectivity index (χ1n) is 8.13. The van der Waals surface area contributed by atoms with Crippen molar-refractivity contribution in [2.45, 2.75) is 17.7 Å². The Kier molecular flexibility index (Phi) is 5.14. The molecule has 1 amide bonds. The van der Waals surface area contributed by atoms with Gasteiger partial charge in [0.05, 0.1) is 11.8 Å². The Morgan fingerprint density at radius 1 is 1.32 bits per heavy atom. The largest absolute Gasteiger partial charge is 0.339 e. The van der Waals surface area contributed by atoms with Crippen molar-refractivity contribution in [2.75, 3.05) is 19.6 Å². The molecular weight excluding hydrogens is 342 g/mol. The highest BCUT2D eigenvalue weighted by Crippen LogP contribution is 2.19. The van der Waals surface area contributed by atoms with E-state index in [9.17, 15) is 13.2 Å². The van der Waals surface area contributed by atoms with Crippen LogP contribution < -0.4 is 4.72 Å². The number of nitrogens with zero attached hydrogens (tertiary/aromatic N) is 4. The molecule has 0 unspecified atom stereocenters. The van der Waals surface area contributed by atoms with Gasteiger partial charge in [-0.15, -0.1) is 0 Å². The van der Waals surface area contributed by atoms with E-state index in [2.05, 4.69) is 14.8 Å². The molecule has 2 aromatic heterocycles. The summed E-state index contributed by atoms with van der Waals surface area (Å²) in [5.41, 5.74) is 0.582. The lowest BCUT2D eigenvalue weighted by molar-refractivity contribution is 0.0691. The van der Waals surface area contributed by atoms with Gasteiger partial charge in [-0.25, -0.2) is 13.1 Å². The van der Waals surface area contributed by atoms with Gasteiger partial charge in [0.25, 0.3) is 5.91 Å². The molecule has 0 radical (unpaired) electrons. The second-order valence-corrected chi connectivity index (χ2v) is 7.95. The lowest BCUT2D eigenvalue weighted by Crippen LogP contribution is -2.41. The van der Waals surface area contributed by atoms with Crippen LogP contribution in [0, 0.1) is 5.92 Å². The number of carbonyl (C=O) groups excluding carboxylic acids is 1. The van der Waals surface area contributed by atoms with Crippen LogP contribution in [0.25, 0.3) is 0 Å². The fourth-order valence-corrected chi connectivity index (χ4v) is 3.96. The van der Waals surface area contributed by atoms with Gasteiger partial charge in [-0.3, -0.25) is 14.5 Å². The maximum atomic E-state index is 12.4. The molecule has 0 bridgehead atoms. The highest BCUT2D eigenvalue weighted by molar-refractivity contribution is 7.89. The van der Waals surface area contributed by atoms with E-state index < -0.39 is 10.0 Å². The summed E-state index contributed by atoms with van der Waals surface area (Å²) >= 11 is 0. The maximum absolute atomic E-state index is 12.4. The van der Waals surface area contributed by atoms with Gasteiger partial charge in [0.2, 0.25) is 10.0 Å². The molecule has 0 aromatic carbocycles. The van der Waals surface area contributed by atoms with Gasteiger partial charge in [0.1, 0.15) is 4.90 Å². The van der Waals surface area contributed by atoms with Gasteiger partial charge in [0.15, 0.2) is 0 Å². The maximum Gasteiger partial charge on any atom is 0.255 e. The second kappa shape index (κ2) is 7.32. The summed E-state index contributed by atoms with van der Waals surface area (Å²) in [5, 5.41) is 3.88. The normalized spacial score (nSPS) is 16.1. The van der Waals surface area contributed by atoms with Crippen molar-refractivity contribution in [2.24, 2.45) is 13.0 Å². The Balaban J connectivity index is 1.50. The molecule has 134 valence electrons. The summed E-state index contributed by atoms with van der Waals surface area (Å²) in [4.78, 5) is 18.3. The summed E-state index contributed by atoms with van der Waals surface area (Å²) in [5.74, 6) is 0.187. The van der Waals surface area contributed by atoms with E-state index >= 15 is 0 Å². The third kappa shape index (κ3) is 4.23. The Hall–Kier alpha value is -2.26. The third-order valence-corrected chi connectivity index (χ3v) is 5.74. The highest BCUT2D eigenvalue weighted by atomic mass is 32.2. The van der Waals surface area contributed by atoms with E-state index in [1.165, 1.54) is 17.1 Å². The van der Waals surface area contributed by atoms with Gasteiger partial charge < -0.3 is 4.90 Å². The number of hydrogen-bond donors (Lipinski definition) is 1. The SMILES string of the molecule is Cn1cc(S(=O)(=O)NCC2CCN(C(=O)c3cccnc3)CC2)cn1. The lowest BCUT2D eigenvalue weighted by Gasteiger charge is -2.32. The summed E-state index contributed by atoms with van der Waals surface area (Å²) in [6, 6.07) is 3.50. The molecule has 0 atom stereocenters. The quantitative estimate of drug-likeness (QED) is 0.841. The predicted molar refractivity (Wildman–Crippen MR) is 91.3 cm³/mol. The van der Waals surface area contributed by atoms with Crippen LogP contribution in [0.5, 0.6) is 0 Å². The van der Waals surface area contributed by atoms with Crippen LogP contribution in [0.1, 0.15) is 23.2 Å². The Morgan fingerprint density at radius 2 is 2.08 bits per heavy atom. The summed E-state index contributed by atoms with van der Waals surface area (Å²) < 4.78 is 28.5. The van der Waals surface area contributed by atoms with Gasteiger partial charge >= 0.3 is 0 Å². The molecule has 2 aromatic rings. The number of piperidine rings is 1. The Labute approximate surface area is 146 Å². The minimum absolute atomic E-state index is 0.0255. The number of likely N-dealkylation sites (tertiary alicyclic amines) is 1. The average molecular weight is 363 g/mol. The van der Waals surface area contributed by atoms with Crippen LogP contribution in [-0.2, 0) is 17.1 Å². The minimum Gasteiger partial charge on any atom is -0.339 e. The molecule has 1 N–H and O–H groups in total.